The number of pyridine rings is 1. The average Bonchev–Trinajstić information content (AvgIpc) is 3.26. The molecule has 0 spiro atoms. The number of nitrogens with zero attached hydrogens (tertiary/aromatic N) is 2. The van der Waals surface area contributed by atoms with E-state index in [2.05, 4.69) is 29.6 Å². The summed E-state index contributed by atoms with van der Waals surface area (Å²) >= 11 is 4.72. The molecule has 2 aromatic carbocycles. The van der Waals surface area contributed by atoms with Crippen LogP contribution in [0.5, 0.6) is 5.88 Å². The largest absolute Gasteiger partial charge is 0.616 e. The molecule has 2 atom stereocenters. The molecule has 3 aromatic rings. The zero-order chi connectivity index (χ0) is 23.2. The third-order valence-electron chi connectivity index (χ3n) is 6.16. The minimum atomic E-state index is -0.187. The van der Waals surface area contributed by atoms with Crippen molar-refractivity contribution in [3.8, 4) is 5.88 Å². The van der Waals surface area contributed by atoms with Gasteiger partial charge in [-0.3, -0.25) is 4.79 Å². The molecule has 6 nitrogen and oxygen atoms in total. The Morgan fingerprint density at radius 2 is 1.76 bits per heavy atom. The number of carbonyl (C=O) groups excluding carboxylic acids is 1. The first kappa shape index (κ1) is 23.1. The van der Waals surface area contributed by atoms with Crippen LogP contribution in [0, 0.1) is 5.21 Å². The number of methoxy groups -OCH3 is 1. The molecule has 1 aliphatic rings. The van der Waals surface area contributed by atoms with Crippen molar-refractivity contribution in [3.05, 3.63) is 101 Å². The van der Waals surface area contributed by atoms with Crippen molar-refractivity contribution in [3.63, 3.8) is 0 Å². The second-order valence-electron chi connectivity index (χ2n) is 8.29. The fourth-order valence-corrected chi connectivity index (χ4v) is 4.68. The van der Waals surface area contributed by atoms with Crippen molar-refractivity contribution < 1.29 is 14.3 Å². The van der Waals surface area contributed by atoms with Crippen LogP contribution in [0.3, 0.4) is 0 Å². The van der Waals surface area contributed by atoms with E-state index in [1.54, 1.807) is 6.07 Å². The molecular weight excluding hydrogens is 434 g/mol. The molecule has 0 aliphatic carbocycles. The highest BCUT2D eigenvalue weighted by Gasteiger charge is 2.31. The van der Waals surface area contributed by atoms with E-state index in [4.69, 9.17) is 17.4 Å². The summed E-state index contributed by atoms with van der Waals surface area (Å²) in [5.41, 5.74) is 2.60. The smallest absolute Gasteiger partial charge is 0.379 e. The quantitative estimate of drug-likeness (QED) is 0.306. The second-order valence-corrected chi connectivity index (χ2v) is 8.95. The third-order valence-corrected chi connectivity index (χ3v) is 6.78. The Labute approximate surface area is 200 Å². The topological polar surface area (TPSA) is 68.5 Å². The van der Waals surface area contributed by atoms with Gasteiger partial charge in [0.05, 0.1) is 13.2 Å². The van der Waals surface area contributed by atoms with E-state index >= 15 is 0 Å². The van der Waals surface area contributed by atoms with Crippen molar-refractivity contribution >= 4 is 18.5 Å². The number of aromatic nitrogens is 1. The maximum absolute atomic E-state index is 13.7. The summed E-state index contributed by atoms with van der Waals surface area (Å²) in [4.78, 5) is 15.5. The number of benzene rings is 2. The molecule has 33 heavy (non-hydrogen) atoms. The number of thiol groups is 1. The third kappa shape index (κ3) is 5.49. The molecule has 7 heteroatoms. The van der Waals surface area contributed by atoms with Crippen molar-refractivity contribution in [2.24, 2.45) is 0 Å². The molecule has 1 amide bonds. The standard InChI is InChI=1S/C26H29N3O3S/c1-32-25-13-12-21(16-29(25)31)26(30)28(18-23-24(33)14-15-27-23)17-22(19-8-4-2-5-9-19)20-10-6-3-7-11-20/h2-13,16,22-24,27,33H,14-15,17-18H2,1H3/t23-,24-/m1/s1. The van der Waals surface area contributed by atoms with Crippen LogP contribution in [0.2, 0.25) is 0 Å². The van der Waals surface area contributed by atoms with Crippen LogP contribution in [0.15, 0.2) is 79.0 Å². The van der Waals surface area contributed by atoms with Crippen LogP contribution in [0.1, 0.15) is 33.8 Å². The van der Waals surface area contributed by atoms with Crippen molar-refractivity contribution in [2.75, 3.05) is 26.7 Å². The number of carbonyl (C=O) groups is 1. The van der Waals surface area contributed by atoms with Gasteiger partial charge in [0.2, 0.25) is 0 Å². The van der Waals surface area contributed by atoms with Gasteiger partial charge in [0.25, 0.3) is 5.91 Å². The van der Waals surface area contributed by atoms with Crippen molar-refractivity contribution in [1.82, 2.24) is 10.2 Å². The van der Waals surface area contributed by atoms with Gasteiger partial charge < -0.3 is 20.2 Å². The van der Waals surface area contributed by atoms with Gasteiger partial charge in [0.1, 0.15) is 5.56 Å². The Hall–Kier alpha value is -3.03. The van der Waals surface area contributed by atoms with E-state index < -0.39 is 0 Å². The van der Waals surface area contributed by atoms with E-state index in [9.17, 15) is 10.0 Å². The number of amides is 1. The lowest BCUT2D eigenvalue weighted by molar-refractivity contribution is -0.612. The molecule has 4 rings (SSSR count). The van der Waals surface area contributed by atoms with Crippen molar-refractivity contribution in [1.29, 1.82) is 0 Å². The highest BCUT2D eigenvalue weighted by Crippen LogP contribution is 2.27. The number of rotatable bonds is 8. The average molecular weight is 464 g/mol. The van der Waals surface area contributed by atoms with E-state index in [0.29, 0.717) is 23.4 Å². The second kappa shape index (κ2) is 10.7. The van der Waals surface area contributed by atoms with Crippen molar-refractivity contribution in [2.45, 2.75) is 23.6 Å². The van der Waals surface area contributed by atoms with Gasteiger partial charge >= 0.3 is 5.88 Å². The first-order valence-corrected chi connectivity index (χ1v) is 11.7. The normalized spacial score (nSPS) is 17.8. The summed E-state index contributed by atoms with van der Waals surface area (Å²) in [6.45, 7) is 1.87. The van der Waals surface area contributed by atoms with Crippen LogP contribution in [-0.2, 0) is 0 Å². The van der Waals surface area contributed by atoms with E-state index in [1.165, 1.54) is 19.4 Å². The summed E-state index contributed by atoms with van der Waals surface area (Å²) in [6, 6.07) is 23.7. The fourth-order valence-electron chi connectivity index (χ4n) is 4.35. The zero-order valence-corrected chi connectivity index (χ0v) is 19.5. The van der Waals surface area contributed by atoms with Crippen LogP contribution >= 0.6 is 12.6 Å². The molecule has 2 heterocycles. The lowest BCUT2D eigenvalue weighted by Gasteiger charge is -2.31. The molecular formula is C26H29N3O3S. The Morgan fingerprint density at radius 1 is 1.12 bits per heavy atom. The summed E-state index contributed by atoms with van der Waals surface area (Å²) < 4.78 is 5.64. The lowest BCUT2D eigenvalue weighted by atomic mass is 9.90. The summed E-state index contributed by atoms with van der Waals surface area (Å²) in [5, 5.41) is 15.9. The van der Waals surface area contributed by atoms with Crippen LogP contribution < -0.4 is 14.8 Å². The van der Waals surface area contributed by atoms with Crippen LogP contribution in [-0.4, -0.2) is 48.8 Å². The molecule has 1 aliphatic heterocycles. The number of ether oxygens (including phenoxy) is 1. The highest BCUT2D eigenvalue weighted by molar-refractivity contribution is 7.81. The minimum absolute atomic E-state index is 0.00579. The Bertz CT molecular complexity index is 1030. The van der Waals surface area contributed by atoms with Crippen LogP contribution in [0.4, 0.5) is 0 Å². The van der Waals surface area contributed by atoms with E-state index in [0.717, 1.165) is 24.1 Å². The number of hydrogen-bond donors (Lipinski definition) is 2. The SMILES string of the molecule is COc1ccc(C(=O)N(CC(c2ccccc2)c2ccccc2)C[C@H]2NCC[C@H]2S)c[n+]1[O-]. The number of hydrogen-bond acceptors (Lipinski definition) is 5. The van der Waals surface area contributed by atoms with Gasteiger partial charge in [0.15, 0.2) is 6.20 Å². The Morgan fingerprint density at radius 3 is 2.27 bits per heavy atom. The summed E-state index contributed by atoms with van der Waals surface area (Å²) in [7, 11) is 1.43. The molecule has 0 unspecified atom stereocenters. The predicted octanol–water partition coefficient (Wildman–Crippen LogP) is 3.26. The lowest BCUT2D eigenvalue weighted by Crippen LogP contribution is -2.46. The molecule has 1 saturated heterocycles. The fraction of sp³-hybridized carbons (Fsp3) is 0.308. The van der Waals surface area contributed by atoms with Gasteiger partial charge in [-0.1, -0.05) is 60.7 Å². The zero-order valence-electron chi connectivity index (χ0n) is 18.6. The monoisotopic (exact) mass is 463 g/mol. The van der Waals surface area contributed by atoms with Gasteiger partial charge in [-0.15, -0.1) is 4.73 Å². The molecule has 0 saturated carbocycles. The molecule has 0 bridgehead atoms. The first-order chi connectivity index (χ1) is 16.1. The molecule has 1 N–H and O–H groups in total. The van der Waals surface area contributed by atoms with Gasteiger partial charge in [-0.2, -0.15) is 12.6 Å². The van der Waals surface area contributed by atoms with Crippen LogP contribution in [0.25, 0.3) is 0 Å². The van der Waals surface area contributed by atoms with E-state index in [1.807, 2.05) is 41.3 Å². The minimum Gasteiger partial charge on any atom is -0.616 e. The predicted molar refractivity (Wildman–Crippen MR) is 132 cm³/mol. The van der Waals surface area contributed by atoms with Gasteiger partial charge in [-0.25, -0.2) is 0 Å². The summed E-state index contributed by atoms with van der Waals surface area (Å²) in [5.74, 6) is -0.0421. The molecule has 1 aromatic heterocycles. The highest BCUT2D eigenvalue weighted by atomic mass is 32.1. The Balaban J connectivity index is 1.68. The Kier molecular flexibility index (Phi) is 7.52. The van der Waals surface area contributed by atoms with Gasteiger partial charge in [-0.05, 0) is 30.2 Å². The summed E-state index contributed by atoms with van der Waals surface area (Å²) in [6.07, 6.45) is 2.24. The molecule has 172 valence electrons. The number of nitrogens with one attached hydrogen (secondary N) is 1. The molecule has 1 fully saturated rings. The van der Waals surface area contributed by atoms with Gasteiger partial charge in [0, 0.05) is 30.3 Å². The first-order valence-electron chi connectivity index (χ1n) is 11.1. The maximum Gasteiger partial charge on any atom is 0.379 e. The van der Waals surface area contributed by atoms with E-state index in [-0.39, 0.29) is 29.0 Å². The molecule has 0 radical (unpaired) electrons. The maximum atomic E-state index is 13.7.